The third-order valence-corrected chi connectivity index (χ3v) is 5.34. The number of hydrogen-bond acceptors (Lipinski definition) is 9. The molecule has 0 saturated heterocycles. The molecule has 166 valence electrons. The molecule has 0 unspecified atom stereocenters. The van der Waals surface area contributed by atoms with Crippen LogP contribution in [0.5, 0.6) is 0 Å². The van der Waals surface area contributed by atoms with E-state index in [-0.39, 0.29) is 21.8 Å². The van der Waals surface area contributed by atoms with Crippen molar-refractivity contribution in [2.45, 2.75) is 6.92 Å². The highest BCUT2D eigenvalue weighted by atomic mass is 32.1. The summed E-state index contributed by atoms with van der Waals surface area (Å²) in [6.45, 7) is 1.02. The maximum Gasteiger partial charge on any atom is 0.338 e. The van der Waals surface area contributed by atoms with Crippen molar-refractivity contribution in [3.8, 4) is 0 Å². The first-order valence-corrected chi connectivity index (χ1v) is 10.3. The van der Waals surface area contributed by atoms with Gasteiger partial charge < -0.3 is 4.74 Å². The van der Waals surface area contributed by atoms with Gasteiger partial charge in [-0.1, -0.05) is 29.5 Å². The number of anilines is 1. The third-order valence-electron chi connectivity index (χ3n) is 4.51. The highest BCUT2D eigenvalue weighted by Crippen LogP contribution is 2.30. The maximum absolute atomic E-state index is 12.7. The Hall–Kier alpha value is -4.45. The SMILES string of the molecule is Cc1nnc(N2C(=O)c3ccc(C(=O)OCC(=O)NNC(=O)c4ccccc4)cc3C2=O)s1. The number of imide groups is 1. The fraction of sp³-hybridized carbons (Fsp3) is 0.0952. The Labute approximate surface area is 190 Å². The Morgan fingerprint density at radius 2 is 1.67 bits per heavy atom. The molecule has 0 aliphatic carbocycles. The van der Waals surface area contributed by atoms with Crippen LogP contribution in [0.4, 0.5) is 5.13 Å². The summed E-state index contributed by atoms with van der Waals surface area (Å²) in [6.07, 6.45) is 0. The number of carbonyl (C=O) groups is 5. The van der Waals surface area contributed by atoms with Crippen LogP contribution in [0.1, 0.15) is 46.4 Å². The molecule has 0 fully saturated rings. The Bertz CT molecular complexity index is 1290. The lowest BCUT2D eigenvalue weighted by molar-refractivity contribution is -0.125. The van der Waals surface area contributed by atoms with Gasteiger partial charge in [0.2, 0.25) is 5.13 Å². The van der Waals surface area contributed by atoms with Crippen LogP contribution in [0.3, 0.4) is 0 Å². The van der Waals surface area contributed by atoms with Gasteiger partial charge in [0, 0.05) is 5.56 Å². The van der Waals surface area contributed by atoms with E-state index in [1.807, 2.05) is 0 Å². The number of amides is 4. The Morgan fingerprint density at radius 3 is 2.36 bits per heavy atom. The molecule has 0 radical (unpaired) electrons. The van der Waals surface area contributed by atoms with Gasteiger partial charge in [0.15, 0.2) is 6.61 Å². The Balaban J connectivity index is 1.36. The van der Waals surface area contributed by atoms with E-state index >= 15 is 0 Å². The summed E-state index contributed by atoms with van der Waals surface area (Å²) in [7, 11) is 0. The van der Waals surface area contributed by atoms with E-state index in [9.17, 15) is 24.0 Å². The van der Waals surface area contributed by atoms with Gasteiger partial charge in [0.25, 0.3) is 23.6 Å². The lowest BCUT2D eigenvalue weighted by Crippen LogP contribution is -2.43. The molecule has 33 heavy (non-hydrogen) atoms. The van der Waals surface area contributed by atoms with Gasteiger partial charge >= 0.3 is 5.97 Å². The van der Waals surface area contributed by atoms with Crippen molar-refractivity contribution in [1.82, 2.24) is 21.0 Å². The number of hydrazine groups is 1. The second-order valence-electron chi connectivity index (χ2n) is 6.75. The van der Waals surface area contributed by atoms with Crippen molar-refractivity contribution in [2.75, 3.05) is 11.5 Å². The molecule has 3 aromatic rings. The van der Waals surface area contributed by atoms with Crippen LogP contribution in [0.25, 0.3) is 0 Å². The topological polar surface area (TPSA) is 148 Å². The number of hydrogen-bond donors (Lipinski definition) is 2. The quantitative estimate of drug-likeness (QED) is 0.325. The largest absolute Gasteiger partial charge is 0.452 e. The molecule has 12 heteroatoms. The van der Waals surface area contributed by atoms with E-state index in [0.29, 0.717) is 10.6 Å². The van der Waals surface area contributed by atoms with Crippen LogP contribution in [0.15, 0.2) is 48.5 Å². The number of ether oxygens (including phenoxy) is 1. The number of esters is 1. The van der Waals surface area contributed by atoms with Crippen LogP contribution < -0.4 is 15.8 Å². The zero-order valence-corrected chi connectivity index (χ0v) is 17.8. The van der Waals surface area contributed by atoms with Gasteiger partial charge in [-0.25, -0.2) is 9.69 Å². The van der Waals surface area contributed by atoms with E-state index in [2.05, 4.69) is 21.0 Å². The predicted octanol–water partition coefficient (Wildman–Crippen LogP) is 1.27. The smallest absolute Gasteiger partial charge is 0.338 e. The predicted molar refractivity (Wildman–Crippen MR) is 115 cm³/mol. The molecule has 0 atom stereocenters. The zero-order chi connectivity index (χ0) is 23.5. The third kappa shape index (κ3) is 4.45. The average molecular weight is 465 g/mol. The van der Waals surface area contributed by atoms with Crippen LogP contribution in [0, 0.1) is 6.92 Å². The second-order valence-corrected chi connectivity index (χ2v) is 7.91. The van der Waals surface area contributed by atoms with Crippen LogP contribution in [-0.4, -0.2) is 46.4 Å². The summed E-state index contributed by atoms with van der Waals surface area (Å²) in [4.78, 5) is 62.3. The standard InChI is InChI=1S/C21H15N5O6S/c1-11-22-25-21(33-11)26-18(29)14-8-7-13(9-15(14)19(26)30)20(31)32-10-16(27)23-24-17(28)12-5-3-2-4-6-12/h2-9H,10H2,1H3,(H,23,27)(H,24,28). The van der Waals surface area contributed by atoms with Crippen molar-refractivity contribution >= 4 is 46.1 Å². The normalized spacial score (nSPS) is 12.3. The lowest BCUT2D eigenvalue weighted by Gasteiger charge is -2.08. The number of benzene rings is 2. The zero-order valence-electron chi connectivity index (χ0n) is 17.0. The number of nitrogens with zero attached hydrogens (tertiary/aromatic N) is 3. The van der Waals surface area contributed by atoms with Gasteiger partial charge in [0.05, 0.1) is 16.7 Å². The summed E-state index contributed by atoms with van der Waals surface area (Å²) in [5.41, 5.74) is 4.78. The average Bonchev–Trinajstić information content (AvgIpc) is 3.36. The van der Waals surface area contributed by atoms with Crippen molar-refractivity contribution in [2.24, 2.45) is 0 Å². The van der Waals surface area contributed by atoms with Crippen LogP contribution in [0.2, 0.25) is 0 Å². The minimum absolute atomic E-state index is 0.0156. The number of aryl methyl sites for hydroxylation is 1. The molecule has 2 aromatic carbocycles. The molecule has 2 N–H and O–H groups in total. The number of aromatic nitrogens is 2. The molecule has 4 amide bonds. The first-order valence-electron chi connectivity index (χ1n) is 9.49. The van der Waals surface area contributed by atoms with Crippen molar-refractivity contribution in [3.63, 3.8) is 0 Å². The van der Waals surface area contributed by atoms with Gasteiger partial charge in [-0.05, 0) is 37.3 Å². The van der Waals surface area contributed by atoms with Gasteiger partial charge in [-0.2, -0.15) is 0 Å². The molecular weight excluding hydrogens is 450 g/mol. The molecule has 1 aliphatic rings. The van der Waals surface area contributed by atoms with E-state index in [1.54, 1.807) is 37.3 Å². The van der Waals surface area contributed by atoms with Crippen molar-refractivity contribution < 1.29 is 28.7 Å². The number of carbonyl (C=O) groups excluding carboxylic acids is 5. The van der Waals surface area contributed by atoms with E-state index < -0.39 is 36.2 Å². The van der Waals surface area contributed by atoms with Gasteiger partial charge in [-0.3, -0.25) is 30.0 Å². The molecular formula is C21H15N5O6S. The number of rotatable bonds is 5. The Kier molecular flexibility index (Phi) is 5.91. The van der Waals surface area contributed by atoms with E-state index in [4.69, 9.17) is 4.74 Å². The summed E-state index contributed by atoms with van der Waals surface area (Å²) in [5, 5.41) is 8.35. The van der Waals surface area contributed by atoms with Crippen LogP contribution >= 0.6 is 11.3 Å². The van der Waals surface area contributed by atoms with E-state index in [1.165, 1.54) is 18.2 Å². The minimum atomic E-state index is -0.882. The number of nitrogens with one attached hydrogen (secondary N) is 2. The highest BCUT2D eigenvalue weighted by molar-refractivity contribution is 7.15. The molecule has 0 spiro atoms. The molecule has 0 bridgehead atoms. The molecule has 4 rings (SSSR count). The molecule has 2 heterocycles. The number of fused-ring (bicyclic) bond motifs is 1. The molecule has 1 aromatic heterocycles. The van der Waals surface area contributed by atoms with Crippen molar-refractivity contribution in [3.05, 3.63) is 75.8 Å². The highest BCUT2D eigenvalue weighted by Gasteiger charge is 2.39. The summed E-state index contributed by atoms with van der Waals surface area (Å²) in [5.74, 6) is -3.39. The maximum atomic E-state index is 12.7. The minimum Gasteiger partial charge on any atom is -0.452 e. The molecule has 0 saturated carbocycles. The summed E-state index contributed by atoms with van der Waals surface area (Å²) < 4.78 is 4.93. The monoisotopic (exact) mass is 465 g/mol. The first kappa shape index (κ1) is 21.8. The van der Waals surface area contributed by atoms with Crippen LogP contribution in [-0.2, 0) is 9.53 Å². The fourth-order valence-electron chi connectivity index (χ4n) is 2.96. The van der Waals surface area contributed by atoms with Gasteiger partial charge in [0.1, 0.15) is 5.01 Å². The summed E-state index contributed by atoms with van der Waals surface area (Å²) in [6, 6.07) is 12.1. The van der Waals surface area contributed by atoms with Gasteiger partial charge in [-0.15, -0.1) is 10.2 Å². The lowest BCUT2D eigenvalue weighted by atomic mass is 10.1. The Morgan fingerprint density at radius 1 is 0.939 bits per heavy atom. The second kappa shape index (κ2) is 8.96. The van der Waals surface area contributed by atoms with E-state index in [0.717, 1.165) is 16.2 Å². The summed E-state index contributed by atoms with van der Waals surface area (Å²) >= 11 is 1.09. The first-order chi connectivity index (χ1) is 15.8. The fourth-order valence-corrected chi connectivity index (χ4v) is 3.64. The molecule has 1 aliphatic heterocycles. The van der Waals surface area contributed by atoms with Crippen molar-refractivity contribution in [1.29, 1.82) is 0 Å². The molecule has 11 nitrogen and oxygen atoms in total.